The molecule has 0 unspecified atom stereocenters. The molecule has 0 radical (unpaired) electrons. The summed E-state index contributed by atoms with van der Waals surface area (Å²) in [5.41, 5.74) is 1.49. The van der Waals surface area contributed by atoms with Gasteiger partial charge in [-0.2, -0.15) is 13.9 Å². The van der Waals surface area contributed by atoms with Crippen LogP contribution in [0.1, 0.15) is 11.3 Å². The molecule has 136 valence electrons. The number of carbonyl (C=O) groups excluding carboxylic acids is 1. The molecule has 26 heavy (non-hydrogen) atoms. The number of fused-ring (bicyclic) bond motifs is 1. The highest BCUT2D eigenvalue weighted by Crippen LogP contribution is 2.27. The van der Waals surface area contributed by atoms with E-state index >= 15 is 0 Å². The number of nitrogens with two attached hydrogens (primary N) is 1. The van der Waals surface area contributed by atoms with Crippen LogP contribution in [0.5, 0.6) is 0 Å². The summed E-state index contributed by atoms with van der Waals surface area (Å²) in [5.74, 6) is 3.47. The van der Waals surface area contributed by atoms with E-state index in [2.05, 4.69) is 5.10 Å². The highest BCUT2D eigenvalue weighted by Gasteiger charge is 2.23. The Morgan fingerprint density at radius 3 is 2.73 bits per heavy atom. The van der Waals surface area contributed by atoms with E-state index in [4.69, 9.17) is 17.4 Å². The molecule has 1 aromatic heterocycles. The van der Waals surface area contributed by atoms with E-state index in [1.807, 2.05) is 0 Å². The lowest BCUT2D eigenvalue weighted by Gasteiger charge is -2.16. The normalized spacial score (nSPS) is 11.3. The van der Waals surface area contributed by atoms with Gasteiger partial charge in [0.05, 0.1) is 23.4 Å². The summed E-state index contributed by atoms with van der Waals surface area (Å²) in [6.45, 7) is 1.79. The van der Waals surface area contributed by atoms with Crippen molar-refractivity contribution < 1.29 is 18.0 Å². The van der Waals surface area contributed by atoms with Gasteiger partial charge in [0, 0.05) is 16.0 Å². The summed E-state index contributed by atoms with van der Waals surface area (Å²) < 4.78 is 40.7. The topological polar surface area (TPSA) is 64.2 Å². The number of nitrogens with zero attached hydrogens (tertiary/aromatic N) is 3. The maximum atomic E-state index is 14.1. The van der Waals surface area contributed by atoms with Gasteiger partial charge in [0.25, 0.3) is 0 Å². The number of halogens is 4. The molecule has 1 heterocycles. The first kappa shape index (κ1) is 18.2. The molecule has 0 aliphatic carbocycles. The molecule has 3 aromatic rings. The average molecular weight is 383 g/mol. The lowest BCUT2D eigenvalue weighted by atomic mass is 10.1. The van der Waals surface area contributed by atoms with E-state index in [1.54, 1.807) is 19.1 Å². The van der Waals surface area contributed by atoms with Gasteiger partial charge in [0.15, 0.2) is 0 Å². The second kappa shape index (κ2) is 6.97. The molecule has 2 N–H and O–H groups in total. The van der Waals surface area contributed by atoms with Crippen molar-refractivity contribution in [3.63, 3.8) is 0 Å². The summed E-state index contributed by atoms with van der Waals surface area (Å²) in [6, 6.07) is 8.85. The predicted molar refractivity (Wildman–Crippen MR) is 92.7 cm³/mol. The van der Waals surface area contributed by atoms with Gasteiger partial charge < -0.3 is 0 Å². The molecule has 1 amide bonds. The van der Waals surface area contributed by atoms with Gasteiger partial charge in [-0.1, -0.05) is 17.7 Å². The van der Waals surface area contributed by atoms with Crippen LogP contribution < -0.4 is 10.9 Å². The SMILES string of the molecule is Cc1nn(Cc2c(F)cccc2Cl)c2cc(N(N)C(=O)C(F)F)ccc12. The number of hydrogen-bond donors (Lipinski definition) is 1. The summed E-state index contributed by atoms with van der Waals surface area (Å²) in [7, 11) is 0. The molecular formula is C17H14ClF3N4O. The van der Waals surface area contributed by atoms with Gasteiger partial charge in [-0.15, -0.1) is 0 Å². The van der Waals surface area contributed by atoms with Crippen molar-refractivity contribution in [1.29, 1.82) is 0 Å². The summed E-state index contributed by atoms with van der Waals surface area (Å²) >= 11 is 6.06. The van der Waals surface area contributed by atoms with Gasteiger partial charge in [0.1, 0.15) is 5.82 Å². The van der Waals surface area contributed by atoms with Crippen LogP contribution in [0, 0.1) is 12.7 Å². The second-order valence-electron chi connectivity index (χ2n) is 5.65. The van der Waals surface area contributed by atoms with Crippen LogP contribution in [0.3, 0.4) is 0 Å². The molecule has 0 atom stereocenters. The Bertz CT molecular complexity index is 969. The van der Waals surface area contributed by atoms with Crippen LogP contribution in [0.15, 0.2) is 36.4 Å². The van der Waals surface area contributed by atoms with Gasteiger partial charge >= 0.3 is 12.3 Å². The first-order valence-corrected chi connectivity index (χ1v) is 7.94. The number of rotatable bonds is 4. The number of aryl methyl sites for hydroxylation is 1. The fraction of sp³-hybridized carbons (Fsp3) is 0.176. The summed E-state index contributed by atoms with van der Waals surface area (Å²) in [6.07, 6.45) is -3.22. The van der Waals surface area contributed by atoms with Crippen molar-refractivity contribution in [3.8, 4) is 0 Å². The number of amides is 1. The monoisotopic (exact) mass is 382 g/mol. The molecule has 0 aliphatic rings. The smallest absolute Gasteiger partial charge is 0.266 e. The van der Waals surface area contributed by atoms with Crippen LogP contribution >= 0.6 is 11.6 Å². The standard InChI is InChI=1S/C17H14ClF3N4O/c1-9-11-6-5-10(25(22)17(26)16(20)21)7-15(11)24(23-9)8-12-13(18)3-2-4-14(12)19/h2-7,16H,8,22H2,1H3. The number of alkyl halides is 2. The Kier molecular flexibility index (Phi) is 4.88. The number of carbonyl (C=O) groups is 1. The van der Waals surface area contributed by atoms with Crippen LogP contribution in [-0.4, -0.2) is 22.1 Å². The van der Waals surface area contributed by atoms with Crippen molar-refractivity contribution in [2.45, 2.75) is 19.9 Å². The Labute approximate surface area is 151 Å². The molecule has 3 rings (SSSR count). The average Bonchev–Trinajstić information content (AvgIpc) is 2.92. The molecule has 2 aromatic carbocycles. The predicted octanol–water partition coefficient (Wildman–Crippen LogP) is 3.66. The molecular weight excluding hydrogens is 369 g/mol. The Morgan fingerprint density at radius 2 is 2.08 bits per heavy atom. The molecule has 0 aliphatic heterocycles. The fourth-order valence-electron chi connectivity index (χ4n) is 2.66. The number of aromatic nitrogens is 2. The van der Waals surface area contributed by atoms with Crippen LogP contribution in [-0.2, 0) is 11.3 Å². The minimum Gasteiger partial charge on any atom is -0.266 e. The lowest BCUT2D eigenvalue weighted by molar-refractivity contribution is -0.129. The van der Waals surface area contributed by atoms with Gasteiger partial charge in [-0.3, -0.25) is 9.48 Å². The molecule has 5 nitrogen and oxygen atoms in total. The number of hydrogen-bond acceptors (Lipinski definition) is 3. The van der Waals surface area contributed by atoms with E-state index in [1.165, 1.54) is 28.9 Å². The first-order chi connectivity index (χ1) is 12.3. The fourth-order valence-corrected chi connectivity index (χ4v) is 2.89. The third-order valence-electron chi connectivity index (χ3n) is 3.99. The first-order valence-electron chi connectivity index (χ1n) is 7.56. The largest absolute Gasteiger partial charge is 0.317 e. The van der Waals surface area contributed by atoms with Crippen LogP contribution in [0.25, 0.3) is 10.9 Å². The third-order valence-corrected chi connectivity index (χ3v) is 4.35. The van der Waals surface area contributed by atoms with Crippen LogP contribution in [0.2, 0.25) is 5.02 Å². The molecule has 0 spiro atoms. The number of hydrazine groups is 1. The van der Waals surface area contributed by atoms with Crippen molar-refractivity contribution in [2.24, 2.45) is 5.84 Å². The number of benzene rings is 2. The second-order valence-corrected chi connectivity index (χ2v) is 6.06. The zero-order valence-electron chi connectivity index (χ0n) is 13.6. The minimum atomic E-state index is -3.22. The van der Waals surface area contributed by atoms with Crippen LogP contribution in [0.4, 0.5) is 18.9 Å². The quantitative estimate of drug-likeness (QED) is 0.425. The van der Waals surface area contributed by atoms with Crippen molar-refractivity contribution in [3.05, 3.63) is 58.5 Å². The lowest BCUT2D eigenvalue weighted by Crippen LogP contribution is -2.41. The summed E-state index contributed by atoms with van der Waals surface area (Å²) in [5, 5.41) is 5.70. The summed E-state index contributed by atoms with van der Waals surface area (Å²) in [4.78, 5) is 11.4. The van der Waals surface area contributed by atoms with Gasteiger partial charge in [-0.05, 0) is 37.3 Å². The van der Waals surface area contributed by atoms with Crippen molar-refractivity contribution in [1.82, 2.24) is 9.78 Å². The van der Waals surface area contributed by atoms with Crippen molar-refractivity contribution >= 4 is 34.1 Å². The van der Waals surface area contributed by atoms with E-state index in [0.29, 0.717) is 16.2 Å². The highest BCUT2D eigenvalue weighted by molar-refractivity contribution is 6.31. The van der Waals surface area contributed by atoms with E-state index in [9.17, 15) is 18.0 Å². The maximum Gasteiger partial charge on any atom is 0.317 e. The zero-order chi connectivity index (χ0) is 19.0. The number of anilines is 1. The Morgan fingerprint density at radius 1 is 1.35 bits per heavy atom. The zero-order valence-corrected chi connectivity index (χ0v) is 14.3. The van der Waals surface area contributed by atoms with E-state index in [0.717, 1.165) is 5.39 Å². The van der Waals surface area contributed by atoms with E-state index < -0.39 is 18.1 Å². The third kappa shape index (κ3) is 3.25. The van der Waals surface area contributed by atoms with E-state index in [-0.39, 0.29) is 22.8 Å². The Hall–Kier alpha value is -2.58. The van der Waals surface area contributed by atoms with Crippen molar-refractivity contribution in [2.75, 3.05) is 5.01 Å². The molecule has 0 bridgehead atoms. The molecule has 0 saturated heterocycles. The molecule has 0 saturated carbocycles. The van der Waals surface area contributed by atoms with Gasteiger partial charge in [-0.25, -0.2) is 15.2 Å². The Balaban J connectivity index is 2.06. The minimum absolute atomic E-state index is 0.0344. The highest BCUT2D eigenvalue weighted by atomic mass is 35.5. The van der Waals surface area contributed by atoms with Gasteiger partial charge in [0.2, 0.25) is 0 Å². The molecule has 9 heteroatoms. The maximum absolute atomic E-state index is 14.1. The molecule has 0 fully saturated rings.